The first-order chi connectivity index (χ1) is 24.5. The zero-order valence-electron chi connectivity index (χ0n) is 28.0. The highest BCUT2D eigenvalue weighted by atomic mass is 32.1. The van der Waals surface area contributed by atoms with E-state index in [9.17, 15) is 14.7 Å². The van der Waals surface area contributed by atoms with E-state index >= 15 is 0 Å². The number of aryl methyl sites for hydroxylation is 1. The molecule has 6 aromatic rings. The van der Waals surface area contributed by atoms with Crippen LogP contribution in [0.25, 0.3) is 49.7 Å². The fourth-order valence-electron chi connectivity index (χ4n) is 6.49. The average molecular weight is 705 g/mol. The molecular weight excluding hydrogens is 673 g/mol. The van der Waals surface area contributed by atoms with Crippen LogP contribution < -0.4 is 5.32 Å². The minimum atomic E-state index is -1.27. The van der Waals surface area contributed by atoms with Gasteiger partial charge < -0.3 is 15.5 Å². The number of aliphatic carboxylic acids is 2. The molecule has 51 heavy (non-hydrogen) atoms. The van der Waals surface area contributed by atoms with Gasteiger partial charge >= 0.3 is 11.9 Å². The Morgan fingerprint density at radius 1 is 0.686 bits per heavy atom. The third-order valence-electron chi connectivity index (χ3n) is 9.18. The van der Waals surface area contributed by atoms with Gasteiger partial charge in [0.25, 0.3) is 0 Å². The molecule has 0 radical (unpaired) electrons. The molecule has 0 saturated heterocycles. The summed E-state index contributed by atoms with van der Waals surface area (Å²) in [6, 6.07) is 38.0. The van der Waals surface area contributed by atoms with Crippen LogP contribution >= 0.6 is 22.7 Å². The van der Waals surface area contributed by atoms with Gasteiger partial charge in [0.05, 0.1) is 5.57 Å². The van der Waals surface area contributed by atoms with Gasteiger partial charge in [0.1, 0.15) is 11.6 Å². The lowest BCUT2D eigenvalue weighted by molar-refractivity contribution is -0.132. The Morgan fingerprint density at radius 3 is 1.82 bits per heavy atom. The highest BCUT2D eigenvalue weighted by molar-refractivity contribution is 7.16. The largest absolute Gasteiger partial charge is 0.478 e. The number of nitriles is 1. The van der Waals surface area contributed by atoms with E-state index in [4.69, 9.17) is 10.4 Å². The number of carbonyl (C=O) groups is 2. The number of carboxylic acid groups (broad SMARTS) is 2. The molecule has 7 rings (SSSR count). The zero-order valence-corrected chi connectivity index (χ0v) is 29.7. The van der Waals surface area contributed by atoms with Gasteiger partial charge in [-0.1, -0.05) is 80.1 Å². The summed E-state index contributed by atoms with van der Waals surface area (Å²) in [7, 11) is 0. The Morgan fingerprint density at radius 2 is 1.24 bits per heavy atom. The van der Waals surface area contributed by atoms with Gasteiger partial charge in [0.15, 0.2) is 0 Å². The summed E-state index contributed by atoms with van der Waals surface area (Å²) in [6.07, 6.45) is 3.03. The smallest absolute Gasteiger partial charge is 0.346 e. The molecule has 2 aromatic heterocycles. The molecule has 8 heteroatoms. The summed E-state index contributed by atoms with van der Waals surface area (Å²) in [5.74, 6) is -2.30. The minimum absolute atomic E-state index is 0.0729. The van der Waals surface area contributed by atoms with E-state index in [-0.39, 0.29) is 16.6 Å². The number of anilines is 2. The van der Waals surface area contributed by atoms with Crippen molar-refractivity contribution in [1.29, 1.82) is 5.26 Å². The molecule has 0 fully saturated rings. The molecule has 250 valence electrons. The fourth-order valence-corrected chi connectivity index (χ4v) is 8.41. The zero-order chi connectivity index (χ0) is 35.9. The number of benzene rings is 4. The predicted octanol–water partition coefficient (Wildman–Crippen LogP) is 11.1. The Kier molecular flexibility index (Phi) is 8.78. The summed E-state index contributed by atoms with van der Waals surface area (Å²) in [5.41, 5.74) is 10.8. The molecule has 0 saturated carbocycles. The van der Waals surface area contributed by atoms with E-state index < -0.39 is 11.9 Å². The van der Waals surface area contributed by atoms with Gasteiger partial charge in [-0.15, -0.1) is 22.7 Å². The maximum Gasteiger partial charge on any atom is 0.346 e. The lowest BCUT2D eigenvalue weighted by Gasteiger charge is -2.22. The Hall–Kier alpha value is -6.01. The molecule has 1 aliphatic rings. The Balaban J connectivity index is 1.05. The first-order valence-electron chi connectivity index (χ1n) is 16.2. The van der Waals surface area contributed by atoms with Crippen LogP contribution in [0.5, 0.6) is 0 Å². The van der Waals surface area contributed by atoms with Crippen LogP contribution in [0, 0.1) is 18.3 Å². The normalized spacial score (nSPS) is 13.3. The lowest BCUT2D eigenvalue weighted by Crippen LogP contribution is -2.15. The van der Waals surface area contributed by atoms with Gasteiger partial charge in [-0.3, -0.25) is 0 Å². The van der Waals surface area contributed by atoms with E-state index in [1.807, 2.05) is 30.3 Å². The summed E-state index contributed by atoms with van der Waals surface area (Å²) in [4.78, 5) is 26.9. The quantitative estimate of drug-likeness (QED) is 0.102. The van der Waals surface area contributed by atoms with Crippen LogP contribution in [0.2, 0.25) is 0 Å². The van der Waals surface area contributed by atoms with E-state index in [1.165, 1.54) is 56.6 Å². The van der Waals surface area contributed by atoms with E-state index in [1.54, 1.807) is 30.3 Å². The van der Waals surface area contributed by atoms with Crippen molar-refractivity contribution in [3.8, 4) is 38.1 Å². The summed E-state index contributed by atoms with van der Waals surface area (Å²) >= 11 is 2.88. The SMILES string of the molecule is Cc1ccc2c(c1)C(C)(C)c1cc(Nc3ccc(-c4ccc(/C=C(/C(=O)O)c5ccc(-c6ccc(/C=C(\C#N)C(=O)O)s6)cc5)s4)cc3)ccc1-2. The van der Waals surface area contributed by atoms with Crippen molar-refractivity contribution in [2.24, 2.45) is 0 Å². The molecule has 3 N–H and O–H groups in total. The maximum atomic E-state index is 12.3. The monoisotopic (exact) mass is 704 g/mol. The topological polar surface area (TPSA) is 110 Å². The highest BCUT2D eigenvalue weighted by Crippen LogP contribution is 2.49. The molecule has 0 atom stereocenters. The summed E-state index contributed by atoms with van der Waals surface area (Å²) in [6.45, 7) is 6.72. The molecule has 0 bridgehead atoms. The van der Waals surface area contributed by atoms with Crippen molar-refractivity contribution >= 4 is 63.7 Å². The molecule has 0 amide bonds. The van der Waals surface area contributed by atoms with Gasteiger partial charge in [0, 0.05) is 36.3 Å². The van der Waals surface area contributed by atoms with Crippen LogP contribution in [0.15, 0.2) is 115 Å². The van der Waals surface area contributed by atoms with Crippen molar-refractivity contribution in [1.82, 2.24) is 0 Å². The number of hydrogen-bond donors (Lipinski definition) is 3. The second-order valence-electron chi connectivity index (χ2n) is 13.0. The van der Waals surface area contributed by atoms with Crippen molar-refractivity contribution in [2.75, 3.05) is 5.32 Å². The second-order valence-corrected chi connectivity index (χ2v) is 15.2. The number of fused-ring (bicyclic) bond motifs is 3. The molecule has 2 heterocycles. The number of carboxylic acids is 2. The molecule has 6 nitrogen and oxygen atoms in total. The van der Waals surface area contributed by atoms with Crippen molar-refractivity contribution in [2.45, 2.75) is 26.2 Å². The lowest BCUT2D eigenvalue weighted by atomic mass is 9.82. The number of rotatable bonds is 9. The predicted molar refractivity (Wildman–Crippen MR) is 208 cm³/mol. The number of hydrogen-bond acceptors (Lipinski definition) is 6. The van der Waals surface area contributed by atoms with Crippen molar-refractivity contribution < 1.29 is 19.8 Å². The molecule has 1 aliphatic carbocycles. The van der Waals surface area contributed by atoms with Crippen LogP contribution in [0.4, 0.5) is 11.4 Å². The van der Waals surface area contributed by atoms with Gasteiger partial charge in [0.2, 0.25) is 0 Å². The highest BCUT2D eigenvalue weighted by Gasteiger charge is 2.35. The molecule has 0 aliphatic heterocycles. The van der Waals surface area contributed by atoms with Crippen LogP contribution in [-0.4, -0.2) is 22.2 Å². The molecule has 0 unspecified atom stereocenters. The van der Waals surface area contributed by atoms with Crippen LogP contribution in [-0.2, 0) is 15.0 Å². The van der Waals surface area contributed by atoms with Gasteiger partial charge in [-0.2, -0.15) is 5.26 Å². The van der Waals surface area contributed by atoms with Gasteiger partial charge in [-0.25, -0.2) is 9.59 Å². The van der Waals surface area contributed by atoms with Gasteiger partial charge in [-0.05, 0) is 107 Å². The number of nitrogens with one attached hydrogen (secondary N) is 1. The first kappa shape index (κ1) is 33.5. The van der Waals surface area contributed by atoms with E-state index in [0.29, 0.717) is 10.4 Å². The average Bonchev–Trinajstić information content (AvgIpc) is 3.84. The summed E-state index contributed by atoms with van der Waals surface area (Å²) in [5, 5.41) is 31.8. The van der Waals surface area contributed by atoms with Crippen molar-refractivity contribution in [3.05, 3.63) is 147 Å². The molecular formula is C43H32N2O4S2. The summed E-state index contributed by atoms with van der Waals surface area (Å²) < 4.78 is 0. The standard InChI is InChI=1S/C43H32N2O4S2/c1-25-4-16-34-35-17-13-31(22-38(35)43(2,3)37(34)20-25)45-30-11-9-28(10-12-30)40-19-15-33(51-40)23-36(42(48)49)26-5-7-27(8-6-26)39-18-14-32(50-39)21-29(24-44)41(46)47/h4-23,45H,1-3H3,(H,46,47)(H,48,49)/b29-21+,36-23+. The third kappa shape index (κ3) is 6.65. The molecule has 0 spiro atoms. The maximum absolute atomic E-state index is 12.3. The molecule has 4 aromatic carbocycles. The van der Waals surface area contributed by atoms with Crippen LogP contribution in [0.1, 0.15) is 45.9 Å². The van der Waals surface area contributed by atoms with E-state index in [2.05, 4.69) is 86.8 Å². The minimum Gasteiger partial charge on any atom is -0.478 e. The second kappa shape index (κ2) is 13.4. The Labute approximate surface area is 303 Å². The van der Waals surface area contributed by atoms with Crippen molar-refractivity contribution in [3.63, 3.8) is 0 Å². The van der Waals surface area contributed by atoms with E-state index in [0.717, 1.165) is 37.1 Å². The first-order valence-corrected chi connectivity index (χ1v) is 17.9. The fraction of sp³-hybridized carbons (Fsp3) is 0.0930. The number of nitrogens with zero attached hydrogens (tertiary/aromatic N) is 1. The number of thiophene rings is 2. The van der Waals surface area contributed by atoms with Crippen LogP contribution in [0.3, 0.4) is 0 Å². The third-order valence-corrected chi connectivity index (χ3v) is 11.3. The Bertz CT molecular complexity index is 2440.